The van der Waals surface area contributed by atoms with Gasteiger partial charge in [-0.15, -0.1) is 0 Å². The predicted octanol–water partition coefficient (Wildman–Crippen LogP) is 5.03. The van der Waals surface area contributed by atoms with Gasteiger partial charge in [0.1, 0.15) is 6.10 Å². The highest BCUT2D eigenvalue weighted by atomic mass is 35.5. The fourth-order valence-electron chi connectivity index (χ4n) is 2.29. The van der Waals surface area contributed by atoms with Gasteiger partial charge in [0.15, 0.2) is 0 Å². The topological polar surface area (TPSA) is 20.2 Å². The van der Waals surface area contributed by atoms with Crippen LogP contribution in [-0.4, -0.2) is 5.11 Å². The molecule has 0 radical (unpaired) electrons. The lowest BCUT2D eigenvalue weighted by Crippen LogP contribution is -2.11. The molecule has 20 heavy (non-hydrogen) atoms. The highest BCUT2D eigenvalue weighted by molar-refractivity contribution is 6.30. The van der Waals surface area contributed by atoms with E-state index in [9.17, 15) is 5.11 Å². The van der Waals surface area contributed by atoms with Crippen molar-refractivity contribution in [2.75, 3.05) is 0 Å². The summed E-state index contributed by atoms with van der Waals surface area (Å²) in [5, 5.41) is 11.2. The molecule has 1 nitrogen and oxygen atoms in total. The van der Waals surface area contributed by atoms with Crippen LogP contribution in [0.1, 0.15) is 49.1 Å². The molecule has 0 amide bonds. The molecule has 1 unspecified atom stereocenters. The van der Waals surface area contributed by atoms with Crippen LogP contribution < -0.4 is 0 Å². The Labute approximate surface area is 126 Å². The van der Waals surface area contributed by atoms with E-state index < -0.39 is 6.10 Å². The summed E-state index contributed by atoms with van der Waals surface area (Å²) in [7, 11) is 0. The van der Waals surface area contributed by atoms with Crippen LogP contribution in [0, 0.1) is 6.92 Å². The quantitative estimate of drug-likeness (QED) is 0.822. The van der Waals surface area contributed by atoms with Crippen LogP contribution in [0.3, 0.4) is 0 Å². The smallest absolute Gasteiger partial charge is 0.104 e. The van der Waals surface area contributed by atoms with Crippen molar-refractivity contribution in [2.24, 2.45) is 0 Å². The van der Waals surface area contributed by atoms with Gasteiger partial charge in [0.2, 0.25) is 0 Å². The van der Waals surface area contributed by atoms with Gasteiger partial charge in [-0.3, -0.25) is 0 Å². The van der Waals surface area contributed by atoms with Crippen molar-refractivity contribution in [3.63, 3.8) is 0 Å². The van der Waals surface area contributed by atoms with Crippen LogP contribution >= 0.6 is 11.6 Å². The average molecular weight is 289 g/mol. The second-order valence-electron chi connectivity index (χ2n) is 6.28. The van der Waals surface area contributed by atoms with Crippen molar-refractivity contribution < 1.29 is 5.11 Å². The summed E-state index contributed by atoms with van der Waals surface area (Å²) in [5.74, 6) is 0. The molecule has 2 heteroatoms. The molecule has 0 bridgehead atoms. The Morgan fingerprint density at radius 2 is 1.60 bits per heavy atom. The van der Waals surface area contributed by atoms with E-state index >= 15 is 0 Å². The largest absolute Gasteiger partial charge is 0.384 e. The number of hydrogen-bond donors (Lipinski definition) is 1. The van der Waals surface area contributed by atoms with Gasteiger partial charge in [0, 0.05) is 5.02 Å². The van der Waals surface area contributed by atoms with Crippen LogP contribution in [-0.2, 0) is 5.41 Å². The maximum absolute atomic E-state index is 10.5. The second-order valence-corrected chi connectivity index (χ2v) is 6.71. The van der Waals surface area contributed by atoms with Crippen LogP contribution in [0.5, 0.6) is 0 Å². The molecule has 0 aliphatic rings. The van der Waals surface area contributed by atoms with Crippen LogP contribution in [0.2, 0.25) is 5.02 Å². The molecule has 0 heterocycles. The van der Waals surface area contributed by atoms with Gasteiger partial charge in [-0.05, 0) is 46.7 Å². The number of rotatable bonds is 2. The Kier molecular flexibility index (Phi) is 4.22. The molecule has 1 N–H and O–H groups in total. The molecule has 0 saturated heterocycles. The van der Waals surface area contributed by atoms with Gasteiger partial charge in [0.05, 0.1) is 0 Å². The van der Waals surface area contributed by atoms with Gasteiger partial charge in [-0.2, -0.15) is 0 Å². The molecular weight excluding hydrogens is 268 g/mol. The highest BCUT2D eigenvalue weighted by Crippen LogP contribution is 2.29. The lowest BCUT2D eigenvalue weighted by Gasteiger charge is -2.20. The lowest BCUT2D eigenvalue weighted by molar-refractivity contribution is 0.219. The molecule has 0 aromatic heterocycles. The van der Waals surface area contributed by atoms with E-state index in [-0.39, 0.29) is 5.41 Å². The fraction of sp³-hybridized carbons (Fsp3) is 0.333. The number of benzene rings is 2. The van der Waals surface area contributed by atoms with Crippen molar-refractivity contribution in [3.8, 4) is 0 Å². The van der Waals surface area contributed by atoms with Crippen LogP contribution in [0.15, 0.2) is 42.5 Å². The zero-order chi connectivity index (χ0) is 14.9. The first kappa shape index (κ1) is 15.1. The van der Waals surface area contributed by atoms with E-state index in [4.69, 9.17) is 11.6 Å². The van der Waals surface area contributed by atoms with Crippen molar-refractivity contribution in [3.05, 3.63) is 69.7 Å². The number of aryl methyl sites for hydroxylation is 1. The minimum atomic E-state index is -0.610. The molecule has 2 rings (SSSR count). The molecule has 1 atom stereocenters. The third-order valence-corrected chi connectivity index (χ3v) is 3.85. The Morgan fingerprint density at radius 1 is 1.00 bits per heavy atom. The summed E-state index contributed by atoms with van der Waals surface area (Å²) in [6.45, 7) is 8.51. The van der Waals surface area contributed by atoms with E-state index in [2.05, 4.69) is 32.9 Å². The minimum Gasteiger partial charge on any atom is -0.384 e. The summed E-state index contributed by atoms with van der Waals surface area (Å²) >= 11 is 5.96. The number of halogens is 1. The van der Waals surface area contributed by atoms with Gasteiger partial charge in [0.25, 0.3) is 0 Å². The number of aliphatic hydroxyl groups excluding tert-OH is 1. The van der Waals surface area contributed by atoms with Crippen molar-refractivity contribution >= 4 is 11.6 Å². The first-order chi connectivity index (χ1) is 9.29. The van der Waals surface area contributed by atoms with Gasteiger partial charge in [-0.1, -0.05) is 62.7 Å². The third-order valence-electron chi connectivity index (χ3n) is 3.62. The maximum Gasteiger partial charge on any atom is 0.104 e. The van der Waals surface area contributed by atoms with E-state index in [1.165, 1.54) is 5.56 Å². The first-order valence-electron chi connectivity index (χ1n) is 6.83. The Bertz CT molecular complexity index is 594. The number of hydrogen-bond acceptors (Lipinski definition) is 1. The molecule has 2 aromatic rings. The van der Waals surface area contributed by atoms with Gasteiger partial charge in [-0.25, -0.2) is 0 Å². The molecule has 106 valence electrons. The highest BCUT2D eigenvalue weighted by Gasteiger charge is 2.16. The molecule has 0 aliphatic heterocycles. The molecule has 0 fully saturated rings. The minimum absolute atomic E-state index is 0.125. The molecule has 2 aromatic carbocycles. The summed E-state index contributed by atoms with van der Waals surface area (Å²) in [6, 6.07) is 13.8. The summed E-state index contributed by atoms with van der Waals surface area (Å²) in [6.07, 6.45) is -0.610. The Hall–Kier alpha value is -1.31. The van der Waals surface area contributed by atoms with Gasteiger partial charge >= 0.3 is 0 Å². The molecular formula is C18H21ClO. The maximum atomic E-state index is 10.5. The zero-order valence-corrected chi connectivity index (χ0v) is 13.2. The van der Waals surface area contributed by atoms with E-state index in [0.29, 0.717) is 5.02 Å². The van der Waals surface area contributed by atoms with E-state index in [1.807, 2.05) is 37.3 Å². The zero-order valence-electron chi connectivity index (χ0n) is 12.4. The average Bonchev–Trinajstić information content (AvgIpc) is 2.37. The summed E-state index contributed by atoms with van der Waals surface area (Å²) in [4.78, 5) is 0. The predicted molar refractivity (Wildman–Crippen MR) is 85.4 cm³/mol. The summed E-state index contributed by atoms with van der Waals surface area (Å²) in [5.41, 5.74) is 4.20. The SMILES string of the molecule is Cc1cc(Cl)ccc1C(O)c1ccc(C(C)(C)C)cc1. The first-order valence-corrected chi connectivity index (χ1v) is 7.21. The van der Waals surface area contributed by atoms with Crippen LogP contribution in [0.4, 0.5) is 0 Å². The normalized spacial score (nSPS) is 13.3. The monoisotopic (exact) mass is 288 g/mol. The fourth-order valence-corrected chi connectivity index (χ4v) is 2.52. The van der Waals surface area contributed by atoms with E-state index in [0.717, 1.165) is 16.7 Å². The van der Waals surface area contributed by atoms with Crippen molar-refractivity contribution in [2.45, 2.75) is 39.2 Å². The number of aliphatic hydroxyl groups is 1. The van der Waals surface area contributed by atoms with Crippen molar-refractivity contribution in [1.82, 2.24) is 0 Å². The van der Waals surface area contributed by atoms with Gasteiger partial charge < -0.3 is 5.11 Å². The van der Waals surface area contributed by atoms with Crippen LogP contribution in [0.25, 0.3) is 0 Å². The Morgan fingerprint density at radius 3 is 2.10 bits per heavy atom. The standard InChI is InChI=1S/C18H21ClO/c1-12-11-15(19)9-10-16(12)17(20)13-5-7-14(8-6-13)18(2,3)4/h5-11,17,20H,1-4H3. The Balaban J connectivity index is 2.31. The third kappa shape index (κ3) is 3.23. The molecule has 0 saturated carbocycles. The molecule has 0 aliphatic carbocycles. The van der Waals surface area contributed by atoms with Crippen molar-refractivity contribution in [1.29, 1.82) is 0 Å². The molecule has 0 spiro atoms. The lowest BCUT2D eigenvalue weighted by atomic mass is 9.86. The second kappa shape index (κ2) is 5.59. The van der Waals surface area contributed by atoms with E-state index in [1.54, 1.807) is 0 Å². The summed E-state index contributed by atoms with van der Waals surface area (Å²) < 4.78 is 0.